The third kappa shape index (κ3) is 2.21. The lowest BCUT2D eigenvalue weighted by molar-refractivity contribution is 0.425. The molecule has 1 aromatic carbocycles. The predicted octanol–water partition coefficient (Wildman–Crippen LogP) is 2.71. The van der Waals surface area contributed by atoms with E-state index in [0.717, 1.165) is 22.0 Å². The first-order valence-corrected chi connectivity index (χ1v) is 7.91. The van der Waals surface area contributed by atoms with Crippen molar-refractivity contribution in [1.82, 2.24) is 4.98 Å². The van der Waals surface area contributed by atoms with Crippen LogP contribution < -0.4 is 5.46 Å². The number of pyridine rings is 1. The van der Waals surface area contributed by atoms with Gasteiger partial charge in [0.25, 0.3) is 0 Å². The normalized spacial score (nSPS) is 16.5. The molecule has 1 saturated carbocycles. The zero-order valence-electron chi connectivity index (χ0n) is 12.3. The molecule has 5 heteroatoms. The molecule has 0 bridgehead atoms. The van der Waals surface area contributed by atoms with Crippen LogP contribution in [0.15, 0.2) is 34.9 Å². The number of rotatable bonds is 2. The van der Waals surface area contributed by atoms with Gasteiger partial charge in [0.1, 0.15) is 11.2 Å². The number of para-hydroxylation sites is 1. The molecule has 3 aromatic rings. The molecular weight excluding hydrogens is 277 g/mol. The van der Waals surface area contributed by atoms with E-state index in [2.05, 4.69) is 4.98 Å². The van der Waals surface area contributed by atoms with Crippen LogP contribution in [0, 0.1) is 0 Å². The molecule has 0 amide bonds. The van der Waals surface area contributed by atoms with Gasteiger partial charge in [0.15, 0.2) is 0 Å². The van der Waals surface area contributed by atoms with Gasteiger partial charge in [0.05, 0.1) is 0 Å². The second-order valence-electron chi connectivity index (χ2n) is 6.14. The fourth-order valence-corrected chi connectivity index (χ4v) is 3.55. The third-order valence-corrected chi connectivity index (χ3v) is 4.74. The summed E-state index contributed by atoms with van der Waals surface area (Å²) in [6, 6.07) is 7.43. The van der Waals surface area contributed by atoms with Gasteiger partial charge in [0, 0.05) is 40.1 Å². The Hall–Kier alpha value is -1.85. The van der Waals surface area contributed by atoms with Crippen LogP contribution in [0.1, 0.15) is 43.7 Å². The maximum atomic E-state index is 9.49. The summed E-state index contributed by atoms with van der Waals surface area (Å²) in [5, 5.41) is 20.8. The van der Waals surface area contributed by atoms with Crippen molar-refractivity contribution in [1.29, 1.82) is 0 Å². The molecule has 0 aliphatic heterocycles. The fourth-order valence-electron chi connectivity index (χ4n) is 3.55. The average molecular weight is 295 g/mol. The summed E-state index contributed by atoms with van der Waals surface area (Å²) in [5.41, 5.74) is 2.80. The highest BCUT2D eigenvalue weighted by molar-refractivity contribution is 6.61. The van der Waals surface area contributed by atoms with Crippen LogP contribution in [-0.2, 0) is 0 Å². The molecule has 2 heterocycles. The highest BCUT2D eigenvalue weighted by Gasteiger charge is 2.21. The van der Waals surface area contributed by atoms with Crippen molar-refractivity contribution >= 4 is 34.5 Å². The van der Waals surface area contributed by atoms with Crippen molar-refractivity contribution in [3.8, 4) is 0 Å². The largest absolute Gasteiger partial charge is 0.492 e. The Bertz CT molecular complexity index is 821. The zero-order valence-corrected chi connectivity index (χ0v) is 12.3. The van der Waals surface area contributed by atoms with Gasteiger partial charge in [-0.1, -0.05) is 37.5 Å². The summed E-state index contributed by atoms with van der Waals surface area (Å²) in [7, 11) is -1.53. The molecule has 0 radical (unpaired) electrons. The summed E-state index contributed by atoms with van der Waals surface area (Å²) in [4.78, 5) is 4.64. The first-order valence-electron chi connectivity index (χ1n) is 7.91. The van der Waals surface area contributed by atoms with Gasteiger partial charge in [-0.2, -0.15) is 0 Å². The Balaban J connectivity index is 1.86. The molecule has 2 aromatic heterocycles. The number of hydrogen-bond donors (Lipinski definition) is 2. The van der Waals surface area contributed by atoms with Crippen molar-refractivity contribution in [2.75, 3.05) is 0 Å². The number of fused-ring (bicyclic) bond motifs is 3. The number of hydrogen-bond acceptors (Lipinski definition) is 4. The first-order chi connectivity index (χ1) is 10.7. The summed E-state index contributed by atoms with van der Waals surface area (Å²) in [6.45, 7) is 0. The Morgan fingerprint density at radius 3 is 2.68 bits per heavy atom. The molecule has 1 fully saturated rings. The summed E-state index contributed by atoms with van der Waals surface area (Å²) >= 11 is 0. The van der Waals surface area contributed by atoms with Crippen molar-refractivity contribution < 1.29 is 14.5 Å². The minimum atomic E-state index is -1.53. The molecule has 1 aliphatic rings. The van der Waals surface area contributed by atoms with Crippen LogP contribution in [0.4, 0.5) is 0 Å². The number of nitrogens with zero attached hydrogens (tertiary/aromatic N) is 1. The topological polar surface area (TPSA) is 66.5 Å². The lowest BCUT2D eigenvalue weighted by Gasteiger charge is -2.20. The lowest BCUT2D eigenvalue weighted by atomic mass is 9.79. The summed E-state index contributed by atoms with van der Waals surface area (Å²) < 4.78 is 5.92. The molecule has 22 heavy (non-hydrogen) atoms. The lowest BCUT2D eigenvalue weighted by Crippen LogP contribution is -2.29. The maximum absolute atomic E-state index is 9.49. The van der Waals surface area contributed by atoms with E-state index < -0.39 is 7.12 Å². The molecule has 0 spiro atoms. The van der Waals surface area contributed by atoms with Crippen molar-refractivity contribution in [2.45, 2.75) is 38.0 Å². The van der Waals surface area contributed by atoms with Crippen LogP contribution in [0.25, 0.3) is 21.9 Å². The predicted molar refractivity (Wildman–Crippen MR) is 87.2 cm³/mol. The van der Waals surface area contributed by atoms with Gasteiger partial charge in [-0.15, -0.1) is 0 Å². The van der Waals surface area contributed by atoms with E-state index in [9.17, 15) is 10.0 Å². The van der Waals surface area contributed by atoms with Gasteiger partial charge in [-0.05, 0) is 12.8 Å². The Morgan fingerprint density at radius 2 is 1.91 bits per heavy atom. The standard InChI is InChI=1S/C17H18BNO3/c20-18(21)14-8-4-7-12-13-10-19-15(9-16(13)22-17(12)14)11-5-2-1-3-6-11/h4,7-11,20-21H,1-3,5-6H2. The second kappa shape index (κ2) is 5.41. The van der Waals surface area contributed by atoms with Crippen LogP contribution >= 0.6 is 0 Å². The van der Waals surface area contributed by atoms with E-state index in [1.54, 1.807) is 12.1 Å². The Kier molecular flexibility index (Phi) is 3.39. The van der Waals surface area contributed by atoms with Gasteiger partial charge in [-0.3, -0.25) is 4.98 Å². The van der Waals surface area contributed by atoms with E-state index >= 15 is 0 Å². The zero-order chi connectivity index (χ0) is 15.1. The molecule has 0 saturated heterocycles. The quantitative estimate of drug-likeness (QED) is 0.713. The third-order valence-electron chi connectivity index (χ3n) is 4.74. The average Bonchev–Trinajstić information content (AvgIpc) is 2.93. The molecule has 112 valence electrons. The highest BCUT2D eigenvalue weighted by Crippen LogP contribution is 2.34. The van der Waals surface area contributed by atoms with Crippen molar-refractivity contribution in [2.24, 2.45) is 0 Å². The highest BCUT2D eigenvalue weighted by atomic mass is 16.4. The van der Waals surface area contributed by atoms with Crippen LogP contribution in [-0.4, -0.2) is 22.2 Å². The fraction of sp³-hybridized carbons (Fsp3) is 0.353. The van der Waals surface area contributed by atoms with Crippen molar-refractivity contribution in [3.63, 3.8) is 0 Å². The van der Waals surface area contributed by atoms with Gasteiger partial charge >= 0.3 is 7.12 Å². The molecule has 0 unspecified atom stereocenters. The van der Waals surface area contributed by atoms with E-state index in [4.69, 9.17) is 4.42 Å². The summed E-state index contributed by atoms with van der Waals surface area (Å²) in [5.74, 6) is 0.522. The molecular formula is C17H18BNO3. The minimum Gasteiger partial charge on any atom is -0.456 e. The number of furan rings is 1. The molecule has 0 atom stereocenters. The summed E-state index contributed by atoms with van der Waals surface area (Å²) in [6.07, 6.45) is 8.11. The van der Waals surface area contributed by atoms with E-state index in [0.29, 0.717) is 17.0 Å². The Morgan fingerprint density at radius 1 is 1.09 bits per heavy atom. The van der Waals surface area contributed by atoms with E-state index in [1.165, 1.54) is 32.1 Å². The molecule has 2 N–H and O–H groups in total. The molecule has 4 rings (SSSR count). The number of benzene rings is 1. The second-order valence-corrected chi connectivity index (χ2v) is 6.14. The van der Waals surface area contributed by atoms with Crippen LogP contribution in [0.5, 0.6) is 0 Å². The first kappa shape index (κ1) is 13.8. The van der Waals surface area contributed by atoms with E-state index in [1.807, 2.05) is 18.3 Å². The minimum absolute atomic E-state index is 0.396. The molecule has 4 nitrogen and oxygen atoms in total. The smallest absolute Gasteiger partial charge is 0.456 e. The SMILES string of the molecule is OB(O)c1cccc2c1oc1cc(C3CCCCC3)ncc12. The van der Waals surface area contributed by atoms with Crippen LogP contribution in [0.3, 0.4) is 0 Å². The van der Waals surface area contributed by atoms with Crippen LogP contribution in [0.2, 0.25) is 0 Å². The molecule has 1 aliphatic carbocycles. The van der Waals surface area contributed by atoms with E-state index in [-0.39, 0.29) is 0 Å². The van der Waals surface area contributed by atoms with Gasteiger partial charge < -0.3 is 14.5 Å². The van der Waals surface area contributed by atoms with Gasteiger partial charge in [-0.25, -0.2) is 0 Å². The monoisotopic (exact) mass is 295 g/mol. The maximum Gasteiger partial charge on any atom is 0.492 e. The van der Waals surface area contributed by atoms with Gasteiger partial charge in [0.2, 0.25) is 0 Å². The van der Waals surface area contributed by atoms with Crippen molar-refractivity contribution in [3.05, 3.63) is 36.2 Å². The number of aromatic nitrogens is 1. The Labute approximate surface area is 128 Å².